The van der Waals surface area contributed by atoms with E-state index < -0.39 is 10.0 Å². The van der Waals surface area contributed by atoms with Gasteiger partial charge in [-0.1, -0.05) is 0 Å². The fourth-order valence-corrected chi connectivity index (χ4v) is 2.91. The van der Waals surface area contributed by atoms with E-state index in [1.165, 1.54) is 4.68 Å². The van der Waals surface area contributed by atoms with Crippen LogP contribution in [0.3, 0.4) is 0 Å². The Hall–Kier alpha value is -1.81. The fourth-order valence-electron chi connectivity index (χ4n) is 1.57. The molecular weight excluding hydrogens is 258 g/mol. The molecule has 0 radical (unpaired) electrons. The first-order chi connectivity index (χ1) is 8.42. The van der Waals surface area contributed by atoms with Gasteiger partial charge < -0.3 is 0 Å². The summed E-state index contributed by atoms with van der Waals surface area (Å²) in [5.41, 5.74) is 0.923. The molecule has 0 amide bonds. The molecule has 18 heavy (non-hydrogen) atoms. The molecule has 0 aliphatic heterocycles. The Balaban J connectivity index is 2.21. The van der Waals surface area contributed by atoms with Crippen molar-refractivity contribution in [2.75, 3.05) is 0 Å². The lowest BCUT2D eigenvalue weighted by Crippen LogP contribution is -2.25. The van der Waals surface area contributed by atoms with Crippen molar-refractivity contribution in [3.05, 3.63) is 17.2 Å². The van der Waals surface area contributed by atoms with Crippen molar-refractivity contribution in [3.63, 3.8) is 0 Å². The maximum absolute atomic E-state index is 12.1. The van der Waals surface area contributed by atoms with Crippen molar-refractivity contribution in [1.82, 2.24) is 35.1 Å². The zero-order valence-electron chi connectivity index (χ0n) is 10.2. The normalized spacial score (nSPS) is 11.9. The van der Waals surface area contributed by atoms with E-state index in [0.29, 0.717) is 17.2 Å². The molecule has 2 aromatic rings. The van der Waals surface area contributed by atoms with E-state index in [-0.39, 0.29) is 11.4 Å². The zero-order chi connectivity index (χ0) is 13.3. The van der Waals surface area contributed by atoms with Crippen LogP contribution >= 0.6 is 0 Å². The molecule has 2 heterocycles. The van der Waals surface area contributed by atoms with Crippen LogP contribution in [0.5, 0.6) is 0 Å². The van der Waals surface area contributed by atoms with Crippen LogP contribution < -0.4 is 4.72 Å². The molecule has 0 aliphatic carbocycles. The molecule has 0 fully saturated rings. The van der Waals surface area contributed by atoms with Crippen molar-refractivity contribution in [1.29, 1.82) is 0 Å². The predicted octanol–water partition coefficient (Wildman–Crippen LogP) is -0.971. The summed E-state index contributed by atoms with van der Waals surface area (Å²) >= 11 is 0. The van der Waals surface area contributed by atoms with Crippen LogP contribution in [0.2, 0.25) is 0 Å². The first kappa shape index (κ1) is 12.6. The highest BCUT2D eigenvalue weighted by atomic mass is 32.2. The van der Waals surface area contributed by atoms with Crippen molar-refractivity contribution in [2.24, 2.45) is 7.05 Å². The van der Waals surface area contributed by atoms with Crippen LogP contribution in [0.15, 0.2) is 4.90 Å². The van der Waals surface area contributed by atoms with Gasteiger partial charge in [-0.2, -0.15) is 5.10 Å². The lowest BCUT2D eigenvalue weighted by molar-refractivity contribution is 0.574. The Morgan fingerprint density at radius 2 is 2.11 bits per heavy atom. The summed E-state index contributed by atoms with van der Waals surface area (Å²) in [5, 5.41) is 17.2. The maximum Gasteiger partial charge on any atom is 0.244 e. The van der Waals surface area contributed by atoms with E-state index >= 15 is 0 Å². The number of nitrogens with zero attached hydrogens (tertiary/aromatic N) is 5. The summed E-state index contributed by atoms with van der Waals surface area (Å²) in [6.07, 6.45) is 0. The summed E-state index contributed by atoms with van der Waals surface area (Å²) in [6.45, 7) is 3.30. The first-order valence-electron chi connectivity index (χ1n) is 5.14. The van der Waals surface area contributed by atoms with Crippen LogP contribution in [0.4, 0.5) is 0 Å². The Morgan fingerprint density at radius 1 is 1.39 bits per heavy atom. The lowest BCUT2D eigenvalue weighted by atomic mass is 10.4. The molecule has 0 aliphatic rings. The summed E-state index contributed by atoms with van der Waals surface area (Å²) in [4.78, 5) is 0.164. The maximum atomic E-state index is 12.1. The number of rotatable bonds is 4. The lowest BCUT2D eigenvalue weighted by Gasteiger charge is -2.05. The number of H-pyrrole nitrogens is 1. The zero-order valence-corrected chi connectivity index (χ0v) is 11.0. The third-order valence-electron chi connectivity index (χ3n) is 2.46. The summed E-state index contributed by atoms with van der Waals surface area (Å²) in [7, 11) is -1.99. The molecule has 2 rings (SSSR count). The standard InChI is InChI=1S/C8H13N7O2S/c1-5-8(6(2)11-10-5)18(16,17)9-4-7-12-13-14-15(7)3/h9H,4H2,1-3H3,(H,10,11). The summed E-state index contributed by atoms with van der Waals surface area (Å²) < 4.78 is 28.0. The van der Waals surface area contributed by atoms with Crippen molar-refractivity contribution in [3.8, 4) is 0 Å². The molecule has 0 aromatic carbocycles. The predicted molar refractivity (Wildman–Crippen MR) is 60.9 cm³/mol. The minimum Gasteiger partial charge on any atom is -0.281 e. The number of aromatic amines is 1. The molecule has 9 nitrogen and oxygen atoms in total. The molecule has 0 saturated heterocycles. The van der Waals surface area contributed by atoms with Crippen molar-refractivity contribution < 1.29 is 8.42 Å². The molecule has 0 bridgehead atoms. The quantitative estimate of drug-likeness (QED) is 0.738. The molecule has 10 heteroatoms. The Morgan fingerprint density at radius 3 is 2.61 bits per heavy atom. The molecular formula is C8H13N7O2S. The van der Waals surface area contributed by atoms with Gasteiger partial charge in [0, 0.05) is 7.05 Å². The fraction of sp³-hybridized carbons (Fsp3) is 0.500. The van der Waals surface area contributed by atoms with Gasteiger partial charge in [-0.05, 0) is 24.3 Å². The van der Waals surface area contributed by atoms with Crippen molar-refractivity contribution >= 4 is 10.0 Å². The SMILES string of the molecule is Cc1n[nH]c(C)c1S(=O)(=O)NCc1nnnn1C. The van der Waals surface area contributed by atoms with E-state index in [0.717, 1.165) is 0 Å². The van der Waals surface area contributed by atoms with E-state index in [4.69, 9.17) is 0 Å². The number of aryl methyl sites for hydroxylation is 3. The van der Waals surface area contributed by atoms with Crippen LogP contribution in [0.1, 0.15) is 17.2 Å². The van der Waals surface area contributed by atoms with E-state index in [1.54, 1.807) is 20.9 Å². The highest BCUT2D eigenvalue weighted by Crippen LogP contribution is 2.16. The van der Waals surface area contributed by atoms with E-state index in [9.17, 15) is 8.42 Å². The second kappa shape index (κ2) is 4.46. The van der Waals surface area contributed by atoms with Gasteiger partial charge >= 0.3 is 0 Å². The molecule has 2 aromatic heterocycles. The Kier molecular flexibility index (Phi) is 3.13. The third kappa shape index (κ3) is 2.24. The second-order valence-corrected chi connectivity index (χ2v) is 5.51. The van der Waals surface area contributed by atoms with Crippen molar-refractivity contribution in [2.45, 2.75) is 25.3 Å². The molecule has 0 atom stereocenters. The molecule has 2 N–H and O–H groups in total. The minimum atomic E-state index is -3.62. The smallest absolute Gasteiger partial charge is 0.244 e. The molecule has 0 spiro atoms. The number of nitrogens with one attached hydrogen (secondary N) is 2. The van der Waals surface area contributed by atoms with Crippen LogP contribution in [-0.2, 0) is 23.6 Å². The second-order valence-electron chi connectivity index (χ2n) is 3.81. The van der Waals surface area contributed by atoms with Gasteiger partial charge in [0.2, 0.25) is 10.0 Å². The van der Waals surface area contributed by atoms with Gasteiger partial charge in [-0.15, -0.1) is 5.10 Å². The minimum absolute atomic E-state index is 0.0237. The highest BCUT2D eigenvalue weighted by molar-refractivity contribution is 7.89. The van der Waals surface area contributed by atoms with Gasteiger partial charge in [-0.3, -0.25) is 5.10 Å². The first-order valence-corrected chi connectivity index (χ1v) is 6.62. The molecule has 0 unspecified atom stereocenters. The summed E-state index contributed by atoms with van der Waals surface area (Å²) in [6, 6.07) is 0. The number of sulfonamides is 1. The summed E-state index contributed by atoms with van der Waals surface area (Å²) in [5.74, 6) is 0.428. The van der Waals surface area contributed by atoms with E-state index in [1.807, 2.05) is 0 Å². The Bertz CT molecular complexity index is 637. The third-order valence-corrected chi connectivity index (χ3v) is 4.12. The number of hydrogen-bond donors (Lipinski definition) is 2. The number of tetrazole rings is 1. The van der Waals surface area contributed by atoms with Crippen LogP contribution in [0.25, 0.3) is 0 Å². The van der Waals surface area contributed by atoms with Gasteiger partial charge in [0.1, 0.15) is 4.90 Å². The average molecular weight is 271 g/mol. The average Bonchev–Trinajstić information content (AvgIpc) is 2.83. The topological polar surface area (TPSA) is 118 Å². The van der Waals surface area contributed by atoms with Gasteiger partial charge in [0.25, 0.3) is 0 Å². The van der Waals surface area contributed by atoms with E-state index in [2.05, 4.69) is 30.4 Å². The van der Waals surface area contributed by atoms with Gasteiger partial charge in [0.15, 0.2) is 5.82 Å². The van der Waals surface area contributed by atoms with Crippen LogP contribution in [0, 0.1) is 13.8 Å². The highest BCUT2D eigenvalue weighted by Gasteiger charge is 2.22. The number of aromatic nitrogens is 6. The van der Waals surface area contributed by atoms with Gasteiger partial charge in [0.05, 0.1) is 17.9 Å². The molecule has 98 valence electrons. The molecule has 0 saturated carbocycles. The monoisotopic (exact) mass is 271 g/mol. The Labute approximate surface area is 104 Å². The van der Waals surface area contributed by atoms with Crippen LogP contribution in [-0.4, -0.2) is 38.8 Å². The number of hydrogen-bond acceptors (Lipinski definition) is 6. The van der Waals surface area contributed by atoms with Gasteiger partial charge in [-0.25, -0.2) is 17.8 Å². The largest absolute Gasteiger partial charge is 0.281 e.